The smallest absolute Gasteiger partial charge is 0.224 e. The van der Waals surface area contributed by atoms with Crippen LogP contribution in [0.15, 0.2) is 42.5 Å². The number of carbonyl (C=O) groups excluding carboxylic acids is 2. The molecule has 0 aromatic heterocycles. The van der Waals surface area contributed by atoms with Crippen LogP contribution in [0.4, 0.5) is 5.69 Å². The van der Waals surface area contributed by atoms with Gasteiger partial charge in [-0.2, -0.15) is 5.26 Å². The number of nitriles is 1. The van der Waals surface area contributed by atoms with Gasteiger partial charge in [-0.15, -0.1) is 0 Å². The predicted octanol–water partition coefficient (Wildman–Crippen LogP) is 3.82. The van der Waals surface area contributed by atoms with Gasteiger partial charge in [0.1, 0.15) is 11.8 Å². The van der Waals surface area contributed by atoms with E-state index in [1.165, 1.54) is 13.2 Å². The summed E-state index contributed by atoms with van der Waals surface area (Å²) in [5.41, 5.74) is 1.14. The molecule has 0 radical (unpaired) electrons. The van der Waals surface area contributed by atoms with Crippen LogP contribution < -0.4 is 10.1 Å². The molecule has 0 heterocycles. The molecule has 1 amide bonds. The molecule has 24 heavy (non-hydrogen) atoms. The molecule has 0 fully saturated rings. The number of benzene rings is 2. The standard InChI is InChI=1S/C18H15ClN2O3/c1-24-17-8-6-13(19)10-14(17)16(22)7-9-18(23)21-15-5-3-2-4-12(15)11-20/h2-6,8,10H,7,9H2,1H3,(H,21,23). The summed E-state index contributed by atoms with van der Waals surface area (Å²) >= 11 is 5.90. The van der Waals surface area contributed by atoms with Gasteiger partial charge in [-0.25, -0.2) is 0 Å². The van der Waals surface area contributed by atoms with E-state index in [1.807, 2.05) is 6.07 Å². The van der Waals surface area contributed by atoms with Crippen LogP contribution in [0.3, 0.4) is 0 Å². The summed E-state index contributed by atoms with van der Waals surface area (Å²) in [6, 6.07) is 13.4. The van der Waals surface area contributed by atoms with E-state index >= 15 is 0 Å². The van der Waals surface area contributed by atoms with Gasteiger partial charge in [0.25, 0.3) is 0 Å². The number of Topliss-reactive ketones (excluding diaryl/α,β-unsaturated/α-hetero) is 1. The van der Waals surface area contributed by atoms with Crippen molar-refractivity contribution >= 4 is 29.0 Å². The Morgan fingerprint density at radius 3 is 2.67 bits per heavy atom. The molecule has 2 rings (SSSR count). The van der Waals surface area contributed by atoms with Crippen molar-refractivity contribution < 1.29 is 14.3 Å². The molecule has 0 unspecified atom stereocenters. The molecule has 2 aromatic rings. The lowest BCUT2D eigenvalue weighted by molar-refractivity contribution is -0.116. The third-order valence-corrected chi connectivity index (χ3v) is 3.60. The van der Waals surface area contributed by atoms with Gasteiger partial charge in [0.2, 0.25) is 5.91 Å². The number of halogens is 1. The molecule has 122 valence electrons. The third kappa shape index (κ3) is 4.34. The van der Waals surface area contributed by atoms with Gasteiger partial charge in [-0.3, -0.25) is 9.59 Å². The third-order valence-electron chi connectivity index (χ3n) is 3.36. The molecule has 0 bridgehead atoms. The van der Waals surface area contributed by atoms with Crippen LogP contribution in [0.1, 0.15) is 28.8 Å². The molecule has 2 aromatic carbocycles. The van der Waals surface area contributed by atoms with E-state index in [1.54, 1.807) is 36.4 Å². The largest absolute Gasteiger partial charge is 0.496 e. The minimum Gasteiger partial charge on any atom is -0.496 e. The minimum absolute atomic E-state index is 0.00569. The lowest BCUT2D eigenvalue weighted by Gasteiger charge is -2.09. The first-order valence-electron chi connectivity index (χ1n) is 7.21. The van der Waals surface area contributed by atoms with Crippen LogP contribution >= 0.6 is 11.6 Å². The number of hydrogen-bond acceptors (Lipinski definition) is 4. The molecule has 0 spiro atoms. The normalized spacial score (nSPS) is 9.88. The van der Waals surface area contributed by atoms with Crippen molar-refractivity contribution in [2.75, 3.05) is 12.4 Å². The number of carbonyl (C=O) groups is 2. The Bertz CT molecular complexity index is 812. The van der Waals surface area contributed by atoms with Gasteiger partial charge in [0.15, 0.2) is 5.78 Å². The Hall–Kier alpha value is -2.84. The average molecular weight is 343 g/mol. The van der Waals surface area contributed by atoms with Gasteiger partial charge in [-0.1, -0.05) is 23.7 Å². The Balaban J connectivity index is 2.00. The van der Waals surface area contributed by atoms with Crippen molar-refractivity contribution in [2.24, 2.45) is 0 Å². The van der Waals surface area contributed by atoms with Crippen molar-refractivity contribution in [1.82, 2.24) is 0 Å². The van der Waals surface area contributed by atoms with Gasteiger partial charge in [0.05, 0.1) is 23.9 Å². The van der Waals surface area contributed by atoms with Crippen molar-refractivity contribution in [3.8, 4) is 11.8 Å². The molecule has 5 nitrogen and oxygen atoms in total. The average Bonchev–Trinajstić information content (AvgIpc) is 2.60. The van der Waals surface area contributed by atoms with Gasteiger partial charge >= 0.3 is 0 Å². The highest BCUT2D eigenvalue weighted by Gasteiger charge is 2.15. The Morgan fingerprint density at radius 2 is 1.96 bits per heavy atom. The van der Waals surface area contributed by atoms with Crippen LogP contribution in [0, 0.1) is 11.3 Å². The Labute approximate surface area is 144 Å². The molecule has 0 atom stereocenters. The molecule has 0 saturated heterocycles. The number of amides is 1. The summed E-state index contributed by atoms with van der Waals surface area (Å²) in [5.74, 6) is -0.162. The number of nitrogens with zero attached hydrogens (tertiary/aromatic N) is 1. The number of hydrogen-bond donors (Lipinski definition) is 1. The summed E-state index contributed by atoms with van der Waals surface area (Å²) in [4.78, 5) is 24.3. The summed E-state index contributed by atoms with van der Waals surface area (Å²) in [6.07, 6.45) is 0.00548. The lowest BCUT2D eigenvalue weighted by Crippen LogP contribution is -2.14. The van der Waals surface area contributed by atoms with Crippen LogP contribution in [-0.4, -0.2) is 18.8 Å². The van der Waals surface area contributed by atoms with E-state index in [4.69, 9.17) is 21.6 Å². The SMILES string of the molecule is COc1ccc(Cl)cc1C(=O)CCC(=O)Nc1ccccc1C#N. The van der Waals surface area contributed by atoms with Crippen LogP contribution in [-0.2, 0) is 4.79 Å². The first kappa shape index (κ1) is 17.5. The zero-order valence-corrected chi connectivity index (χ0v) is 13.8. The summed E-state index contributed by atoms with van der Waals surface area (Å²) in [7, 11) is 1.46. The molecule has 0 aliphatic carbocycles. The zero-order chi connectivity index (χ0) is 17.5. The number of ether oxygens (including phenoxy) is 1. The molecule has 6 heteroatoms. The second-order valence-electron chi connectivity index (χ2n) is 4.97. The monoisotopic (exact) mass is 342 g/mol. The fourth-order valence-electron chi connectivity index (χ4n) is 2.16. The first-order valence-corrected chi connectivity index (χ1v) is 7.58. The quantitative estimate of drug-likeness (QED) is 0.809. The number of nitrogens with one attached hydrogen (secondary N) is 1. The van der Waals surface area contributed by atoms with Gasteiger partial charge in [0, 0.05) is 17.9 Å². The highest BCUT2D eigenvalue weighted by atomic mass is 35.5. The van der Waals surface area contributed by atoms with Crippen molar-refractivity contribution in [1.29, 1.82) is 5.26 Å². The van der Waals surface area contributed by atoms with E-state index in [0.29, 0.717) is 27.6 Å². The fraction of sp³-hybridized carbons (Fsp3) is 0.167. The maximum absolute atomic E-state index is 12.3. The highest BCUT2D eigenvalue weighted by molar-refractivity contribution is 6.31. The Morgan fingerprint density at radius 1 is 1.21 bits per heavy atom. The van der Waals surface area contributed by atoms with E-state index in [0.717, 1.165) is 0 Å². The van der Waals surface area contributed by atoms with Crippen LogP contribution in [0.25, 0.3) is 0 Å². The van der Waals surface area contributed by atoms with Gasteiger partial charge < -0.3 is 10.1 Å². The van der Waals surface area contributed by atoms with E-state index in [9.17, 15) is 9.59 Å². The molecule has 1 N–H and O–H groups in total. The van der Waals surface area contributed by atoms with Crippen molar-refractivity contribution in [2.45, 2.75) is 12.8 Å². The number of rotatable bonds is 6. The second-order valence-corrected chi connectivity index (χ2v) is 5.41. The van der Waals surface area contributed by atoms with E-state index < -0.39 is 0 Å². The molecule has 0 saturated carbocycles. The van der Waals surface area contributed by atoms with E-state index in [-0.39, 0.29) is 24.5 Å². The fourth-order valence-corrected chi connectivity index (χ4v) is 2.33. The zero-order valence-electron chi connectivity index (χ0n) is 13.0. The Kier molecular flexibility index (Phi) is 5.94. The molecular formula is C18H15ClN2O3. The number of anilines is 1. The molecule has 0 aliphatic rings. The molecular weight excluding hydrogens is 328 g/mol. The lowest BCUT2D eigenvalue weighted by atomic mass is 10.1. The number of para-hydroxylation sites is 1. The van der Waals surface area contributed by atoms with Crippen molar-refractivity contribution in [3.63, 3.8) is 0 Å². The summed E-state index contributed by atoms with van der Waals surface area (Å²) < 4.78 is 5.14. The number of ketones is 1. The summed E-state index contributed by atoms with van der Waals surface area (Å²) in [5, 5.41) is 12.1. The topological polar surface area (TPSA) is 79.2 Å². The predicted molar refractivity (Wildman–Crippen MR) is 91.4 cm³/mol. The highest BCUT2D eigenvalue weighted by Crippen LogP contribution is 2.24. The van der Waals surface area contributed by atoms with Crippen LogP contribution in [0.2, 0.25) is 5.02 Å². The maximum atomic E-state index is 12.3. The number of methoxy groups -OCH3 is 1. The van der Waals surface area contributed by atoms with E-state index in [2.05, 4.69) is 5.32 Å². The molecule has 0 aliphatic heterocycles. The summed E-state index contributed by atoms with van der Waals surface area (Å²) in [6.45, 7) is 0. The first-order chi connectivity index (χ1) is 11.5. The van der Waals surface area contributed by atoms with Crippen LogP contribution in [0.5, 0.6) is 5.75 Å². The minimum atomic E-state index is -0.341. The maximum Gasteiger partial charge on any atom is 0.224 e. The van der Waals surface area contributed by atoms with Gasteiger partial charge in [-0.05, 0) is 30.3 Å². The van der Waals surface area contributed by atoms with Crippen molar-refractivity contribution in [3.05, 3.63) is 58.6 Å². The second kappa shape index (κ2) is 8.14.